The van der Waals surface area contributed by atoms with E-state index < -0.39 is 0 Å². The lowest BCUT2D eigenvalue weighted by atomic mass is 9.87. The Balaban J connectivity index is 1.97. The number of benzene rings is 2. The first-order valence-electron chi connectivity index (χ1n) is 7.41. The molecule has 0 aliphatic carbocycles. The number of hydrogen-bond acceptors (Lipinski definition) is 4. The van der Waals surface area contributed by atoms with Gasteiger partial charge in [0.05, 0.1) is 23.2 Å². The van der Waals surface area contributed by atoms with E-state index in [0.29, 0.717) is 16.9 Å². The number of ether oxygens (including phenoxy) is 1. The smallest absolute Gasteiger partial charge is 0.205 e. The highest BCUT2D eigenvalue weighted by Crippen LogP contribution is 2.45. The fourth-order valence-corrected chi connectivity index (χ4v) is 3.10. The number of fused-ring (bicyclic) bond motifs is 3. The molecule has 2 aromatic carbocycles. The summed E-state index contributed by atoms with van der Waals surface area (Å²) in [5.74, 6) is 0.416. The van der Waals surface area contributed by atoms with Gasteiger partial charge in [0.25, 0.3) is 0 Å². The second-order valence-electron chi connectivity index (χ2n) is 5.57. The fraction of sp³-hybridized carbons (Fsp3) is 0.0526. The second-order valence-corrected chi connectivity index (χ2v) is 5.57. The van der Waals surface area contributed by atoms with Gasteiger partial charge >= 0.3 is 0 Å². The molecular weight excluding hydrogens is 300 g/mol. The Morgan fingerprint density at radius 1 is 1.00 bits per heavy atom. The Bertz CT molecular complexity index is 1060. The standard InChI is InChI=1S/C19H12N4O/c20-9-11-5-7-12(8-6-11)16-14(10-21)19(22)24-18-13-3-1-2-4-15(13)23-17(16)18/h1-8,16,23H,22H2. The van der Waals surface area contributed by atoms with E-state index in [1.165, 1.54) is 0 Å². The van der Waals surface area contributed by atoms with Crippen LogP contribution in [0.25, 0.3) is 10.9 Å². The second kappa shape index (κ2) is 5.19. The molecule has 1 aromatic heterocycles. The van der Waals surface area contributed by atoms with Gasteiger partial charge in [-0.05, 0) is 29.8 Å². The van der Waals surface area contributed by atoms with Crippen LogP contribution in [0.4, 0.5) is 0 Å². The van der Waals surface area contributed by atoms with E-state index in [9.17, 15) is 5.26 Å². The normalized spacial score (nSPS) is 16.2. The van der Waals surface area contributed by atoms with Crippen molar-refractivity contribution in [3.05, 3.63) is 76.8 Å². The van der Waals surface area contributed by atoms with Crippen LogP contribution in [-0.4, -0.2) is 4.98 Å². The molecule has 3 N–H and O–H groups in total. The quantitative estimate of drug-likeness (QED) is 0.720. The molecule has 2 heterocycles. The van der Waals surface area contributed by atoms with Gasteiger partial charge in [0.15, 0.2) is 5.75 Å². The molecule has 5 nitrogen and oxygen atoms in total. The molecule has 24 heavy (non-hydrogen) atoms. The molecule has 1 atom stereocenters. The van der Waals surface area contributed by atoms with Crippen LogP contribution in [0.2, 0.25) is 0 Å². The lowest BCUT2D eigenvalue weighted by molar-refractivity contribution is 0.397. The number of nitrogens with two attached hydrogens (primary N) is 1. The zero-order chi connectivity index (χ0) is 16.7. The summed E-state index contributed by atoms with van der Waals surface area (Å²) >= 11 is 0. The van der Waals surface area contributed by atoms with Crippen molar-refractivity contribution >= 4 is 10.9 Å². The van der Waals surface area contributed by atoms with Crippen LogP contribution in [0, 0.1) is 22.7 Å². The molecule has 0 radical (unpaired) electrons. The topological polar surface area (TPSA) is 98.6 Å². The van der Waals surface area contributed by atoms with E-state index in [2.05, 4.69) is 17.1 Å². The van der Waals surface area contributed by atoms with Gasteiger partial charge in [-0.2, -0.15) is 10.5 Å². The number of nitrogens with one attached hydrogen (secondary N) is 1. The molecule has 3 aromatic rings. The van der Waals surface area contributed by atoms with Crippen molar-refractivity contribution in [2.75, 3.05) is 0 Å². The minimum atomic E-state index is -0.348. The minimum absolute atomic E-state index is 0.115. The number of aromatic amines is 1. The Morgan fingerprint density at radius 2 is 1.75 bits per heavy atom. The lowest BCUT2D eigenvalue weighted by Crippen LogP contribution is -2.20. The largest absolute Gasteiger partial charge is 0.438 e. The first-order valence-corrected chi connectivity index (χ1v) is 7.41. The summed E-state index contributed by atoms with van der Waals surface area (Å²) in [6.45, 7) is 0. The number of rotatable bonds is 1. The first-order chi connectivity index (χ1) is 11.7. The van der Waals surface area contributed by atoms with Gasteiger partial charge in [-0.15, -0.1) is 0 Å². The summed E-state index contributed by atoms with van der Waals surface area (Å²) in [7, 11) is 0. The van der Waals surface area contributed by atoms with Crippen LogP contribution in [0.1, 0.15) is 22.7 Å². The third-order valence-electron chi connectivity index (χ3n) is 4.23. The maximum absolute atomic E-state index is 9.56. The Morgan fingerprint density at radius 3 is 2.46 bits per heavy atom. The number of allylic oxidation sites excluding steroid dienone is 1. The van der Waals surface area contributed by atoms with Crippen molar-refractivity contribution in [1.82, 2.24) is 4.98 Å². The van der Waals surface area contributed by atoms with Crippen LogP contribution in [-0.2, 0) is 0 Å². The van der Waals surface area contributed by atoms with Crippen molar-refractivity contribution in [2.45, 2.75) is 5.92 Å². The summed E-state index contributed by atoms with van der Waals surface area (Å²) in [4.78, 5) is 3.35. The third kappa shape index (κ3) is 1.93. The van der Waals surface area contributed by atoms with Gasteiger partial charge in [0, 0.05) is 10.9 Å². The highest BCUT2D eigenvalue weighted by molar-refractivity contribution is 5.89. The number of aromatic nitrogens is 1. The summed E-state index contributed by atoms with van der Waals surface area (Å²) < 4.78 is 5.74. The number of para-hydroxylation sites is 1. The maximum Gasteiger partial charge on any atom is 0.205 e. The first kappa shape index (κ1) is 13.9. The predicted octanol–water partition coefficient (Wildman–Crippen LogP) is 3.26. The lowest BCUT2D eigenvalue weighted by Gasteiger charge is -2.24. The average Bonchev–Trinajstić information content (AvgIpc) is 2.99. The molecule has 1 aliphatic heterocycles. The SMILES string of the molecule is N#CC1=C(N)Oc2c([nH]c3ccccc23)C1c1ccc(C#N)cc1. The monoisotopic (exact) mass is 312 g/mol. The average molecular weight is 312 g/mol. The zero-order valence-corrected chi connectivity index (χ0v) is 12.6. The molecular formula is C19H12N4O. The Kier molecular flexibility index (Phi) is 3.01. The molecule has 0 bridgehead atoms. The number of nitrogens with zero attached hydrogens (tertiary/aromatic N) is 2. The van der Waals surface area contributed by atoms with Gasteiger partial charge in [0.2, 0.25) is 5.88 Å². The summed E-state index contributed by atoms with van der Waals surface area (Å²) in [6, 6.07) is 19.2. The van der Waals surface area contributed by atoms with Crippen LogP contribution in [0.3, 0.4) is 0 Å². The molecule has 0 saturated carbocycles. The maximum atomic E-state index is 9.56. The van der Waals surface area contributed by atoms with Gasteiger partial charge in [-0.1, -0.05) is 24.3 Å². The summed E-state index contributed by atoms with van der Waals surface area (Å²) in [5.41, 5.74) is 9.54. The van der Waals surface area contributed by atoms with Gasteiger partial charge in [-0.25, -0.2) is 0 Å². The van der Waals surface area contributed by atoms with Crippen molar-refractivity contribution in [2.24, 2.45) is 5.73 Å². The molecule has 5 heteroatoms. The van der Waals surface area contributed by atoms with Crippen LogP contribution in [0.15, 0.2) is 60.0 Å². The highest BCUT2D eigenvalue weighted by atomic mass is 16.5. The molecule has 1 unspecified atom stereocenters. The van der Waals surface area contributed by atoms with Gasteiger partial charge in [-0.3, -0.25) is 0 Å². The zero-order valence-electron chi connectivity index (χ0n) is 12.6. The van der Waals surface area contributed by atoms with E-state index in [1.807, 2.05) is 36.4 Å². The highest BCUT2D eigenvalue weighted by Gasteiger charge is 2.33. The van der Waals surface area contributed by atoms with E-state index in [4.69, 9.17) is 15.7 Å². The van der Waals surface area contributed by atoms with Crippen LogP contribution >= 0.6 is 0 Å². The van der Waals surface area contributed by atoms with Crippen molar-refractivity contribution in [1.29, 1.82) is 10.5 Å². The number of nitriles is 2. The number of hydrogen-bond donors (Lipinski definition) is 2. The minimum Gasteiger partial charge on any atom is -0.438 e. The molecule has 1 aliphatic rings. The third-order valence-corrected chi connectivity index (χ3v) is 4.23. The fourth-order valence-electron chi connectivity index (χ4n) is 3.10. The van der Waals surface area contributed by atoms with Gasteiger partial charge in [0.1, 0.15) is 11.6 Å². The van der Waals surface area contributed by atoms with E-state index in [1.54, 1.807) is 12.1 Å². The van der Waals surface area contributed by atoms with E-state index in [-0.39, 0.29) is 11.8 Å². The van der Waals surface area contributed by atoms with Crippen LogP contribution in [0.5, 0.6) is 5.75 Å². The molecule has 4 rings (SSSR count). The molecule has 0 spiro atoms. The van der Waals surface area contributed by atoms with Crippen LogP contribution < -0.4 is 10.5 Å². The molecule has 114 valence electrons. The Labute approximate surface area is 138 Å². The van der Waals surface area contributed by atoms with Crippen molar-refractivity contribution in [3.8, 4) is 17.9 Å². The van der Waals surface area contributed by atoms with E-state index >= 15 is 0 Å². The van der Waals surface area contributed by atoms with Crippen molar-refractivity contribution in [3.63, 3.8) is 0 Å². The van der Waals surface area contributed by atoms with Crippen molar-refractivity contribution < 1.29 is 4.74 Å². The molecule has 0 fully saturated rings. The van der Waals surface area contributed by atoms with Gasteiger partial charge < -0.3 is 15.5 Å². The van der Waals surface area contributed by atoms with E-state index in [0.717, 1.165) is 22.2 Å². The number of H-pyrrole nitrogens is 1. The Hall–Kier alpha value is -3.70. The summed E-state index contributed by atoms with van der Waals surface area (Å²) in [5, 5.41) is 19.5. The molecule has 0 saturated heterocycles. The molecule has 0 amide bonds. The summed E-state index contributed by atoms with van der Waals surface area (Å²) in [6.07, 6.45) is 0. The predicted molar refractivity (Wildman–Crippen MR) is 88.8 cm³/mol.